The Bertz CT molecular complexity index is 565. The van der Waals surface area contributed by atoms with E-state index in [1.165, 1.54) is 0 Å². The van der Waals surface area contributed by atoms with Gasteiger partial charge in [0.15, 0.2) is 0 Å². The van der Waals surface area contributed by atoms with E-state index >= 15 is 0 Å². The molecule has 2 amide bonds. The molecule has 0 radical (unpaired) electrons. The first kappa shape index (κ1) is 17.4. The van der Waals surface area contributed by atoms with Crippen LogP contribution in [0, 0.1) is 12.8 Å². The highest BCUT2D eigenvalue weighted by Crippen LogP contribution is 2.21. The number of nitrogens with zero attached hydrogens (tertiary/aromatic N) is 2. The van der Waals surface area contributed by atoms with Gasteiger partial charge in [-0.1, -0.05) is 0 Å². The maximum absolute atomic E-state index is 12.4. The number of piperidine rings is 1. The lowest BCUT2D eigenvalue weighted by Crippen LogP contribution is -2.49. The van der Waals surface area contributed by atoms with Gasteiger partial charge in [-0.25, -0.2) is 0 Å². The molecule has 0 saturated carbocycles. The molecule has 126 valence electrons. The van der Waals surface area contributed by atoms with Gasteiger partial charge in [0.1, 0.15) is 0 Å². The molecule has 2 rings (SSSR count). The lowest BCUT2D eigenvalue weighted by molar-refractivity contribution is -0.133. The Balaban J connectivity index is 1.88. The van der Waals surface area contributed by atoms with Gasteiger partial charge in [0.2, 0.25) is 5.91 Å². The van der Waals surface area contributed by atoms with Crippen molar-refractivity contribution in [3.63, 3.8) is 0 Å². The zero-order chi connectivity index (χ0) is 17.0. The fourth-order valence-electron chi connectivity index (χ4n) is 3.04. The van der Waals surface area contributed by atoms with Crippen LogP contribution in [0.25, 0.3) is 0 Å². The topological polar surface area (TPSA) is 88.3 Å². The maximum Gasteiger partial charge on any atom is 0.251 e. The molecule has 1 aliphatic rings. The van der Waals surface area contributed by atoms with E-state index in [0.29, 0.717) is 24.6 Å². The summed E-state index contributed by atoms with van der Waals surface area (Å²) >= 11 is 0. The molecule has 0 spiro atoms. The number of nitrogens with two attached hydrogens (primary N) is 1. The van der Waals surface area contributed by atoms with Gasteiger partial charge in [-0.3, -0.25) is 14.6 Å². The number of carbonyl (C=O) groups is 2. The number of carbonyl (C=O) groups excluding carboxylic acids is 2. The first-order valence-corrected chi connectivity index (χ1v) is 8.16. The Morgan fingerprint density at radius 2 is 2.00 bits per heavy atom. The summed E-state index contributed by atoms with van der Waals surface area (Å²) in [6.45, 7) is 7.04. The lowest BCUT2D eigenvalue weighted by atomic mass is 9.90. The van der Waals surface area contributed by atoms with Crippen LogP contribution in [0.3, 0.4) is 0 Å². The van der Waals surface area contributed by atoms with Gasteiger partial charge in [0.05, 0.1) is 6.04 Å². The van der Waals surface area contributed by atoms with Crippen LogP contribution in [0.4, 0.5) is 0 Å². The first-order valence-electron chi connectivity index (χ1n) is 8.16. The van der Waals surface area contributed by atoms with E-state index in [9.17, 15) is 9.59 Å². The number of likely N-dealkylation sites (tertiary alicyclic amines) is 1. The fraction of sp³-hybridized carbons (Fsp3) is 0.588. The normalized spacial score (nSPS) is 18.3. The van der Waals surface area contributed by atoms with E-state index < -0.39 is 6.04 Å². The molecule has 0 aliphatic carbocycles. The zero-order valence-electron chi connectivity index (χ0n) is 14.1. The van der Waals surface area contributed by atoms with Gasteiger partial charge >= 0.3 is 0 Å². The van der Waals surface area contributed by atoms with Gasteiger partial charge in [0.25, 0.3) is 5.91 Å². The molecule has 2 atom stereocenters. The molecular formula is C17H26N4O2. The highest BCUT2D eigenvalue weighted by atomic mass is 16.2. The smallest absolute Gasteiger partial charge is 0.251 e. The number of aryl methyl sites for hydroxylation is 1. The molecule has 2 heterocycles. The van der Waals surface area contributed by atoms with Crippen molar-refractivity contribution in [1.82, 2.24) is 15.2 Å². The standard InChI is InChI=1S/C17H26N4O2/c1-11-10-19-7-4-15(11)16(22)20-13(3)14-5-8-21(9-6-14)17(23)12(2)18/h4,7,10,12-14H,5-6,8-9,18H2,1-3H3,(H,20,22). The van der Waals surface area contributed by atoms with Gasteiger partial charge in [-0.2, -0.15) is 0 Å². The van der Waals surface area contributed by atoms with Crippen molar-refractivity contribution < 1.29 is 9.59 Å². The minimum absolute atomic E-state index is 0.00699. The Labute approximate surface area is 137 Å². The van der Waals surface area contributed by atoms with Crippen LogP contribution in [0.1, 0.15) is 42.6 Å². The minimum atomic E-state index is -0.446. The van der Waals surface area contributed by atoms with E-state index in [4.69, 9.17) is 5.73 Å². The zero-order valence-corrected chi connectivity index (χ0v) is 14.1. The molecule has 1 aromatic heterocycles. The highest BCUT2D eigenvalue weighted by molar-refractivity contribution is 5.95. The highest BCUT2D eigenvalue weighted by Gasteiger charge is 2.28. The van der Waals surface area contributed by atoms with E-state index in [1.54, 1.807) is 25.4 Å². The van der Waals surface area contributed by atoms with Crippen molar-refractivity contribution in [3.05, 3.63) is 29.6 Å². The molecule has 2 unspecified atom stereocenters. The van der Waals surface area contributed by atoms with Crippen LogP contribution in [0.2, 0.25) is 0 Å². The number of amides is 2. The molecule has 6 heteroatoms. The van der Waals surface area contributed by atoms with Crippen molar-refractivity contribution >= 4 is 11.8 Å². The number of aromatic nitrogens is 1. The van der Waals surface area contributed by atoms with Crippen molar-refractivity contribution in [1.29, 1.82) is 0 Å². The molecule has 1 aliphatic heterocycles. The molecular weight excluding hydrogens is 292 g/mol. The van der Waals surface area contributed by atoms with Crippen molar-refractivity contribution in [2.45, 2.75) is 45.7 Å². The molecule has 6 nitrogen and oxygen atoms in total. The van der Waals surface area contributed by atoms with Crippen LogP contribution < -0.4 is 11.1 Å². The molecule has 23 heavy (non-hydrogen) atoms. The first-order chi connectivity index (χ1) is 10.9. The number of hydrogen-bond donors (Lipinski definition) is 2. The molecule has 0 bridgehead atoms. The molecule has 1 saturated heterocycles. The summed E-state index contributed by atoms with van der Waals surface area (Å²) in [5.41, 5.74) is 7.19. The third kappa shape index (κ3) is 4.28. The summed E-state index contributed by atoms with van der Waals surface area (Å²) in [6, 6.07) is 1.36. The number of pyridine rings is 1. The second-order valence-electron chi connectivity index (χ2n) is 6.40. The quantitative estimate of drug-likeness (QED) is 0.870. The average molecular weight is 318 g/mol. The van der Waals surface area contributed by atoms with Crippen LogP contribution in [-0.4, -0.2) is 46.9 Å². The molecule has 1 fully saturated rings. The second-order valence-corrected chi connectivity index (χ2v) is 6.40. The number of nitrogens with one attached hydrogen (secondary N) is 1. The Kier molecular flexibility index (Phi) is 5.71. The van der Waals surface area contributed by atoms with Crippen LogP contribution >= 0.6 is 0 Å². The summed E-state index contributed by atoms with van der Waals surface area (Å²) in [4.78, 5) is 30.1. The fourth-order valence-corrected chi connectivity index (χ4v) is 3.04. The Morgan fingerprint density at radius 3 is 2.57 bits per heavy atom. The number of rotatable bonds is 4. The van der Waals surface area contributed by atoms with E-state index in [0.717, 1.165) is 18.4 Å². The van der Waals surface area contributed by atoms with Gasteiger partial charge in [0, 0.05) is 37.1 Å². The van der Waals surface area contributed by atoms with Gasteiger partial charge < -0.3 is 16.0 Å². The van der Waals surface area contributed by atoms with Crippen LogP contribution in [0.5, 0.6) is 0 Å². The van der Waals surface area contributed by atoms with Crippen LogP contribution in [-0.2, 0) is 4.79 Å². The predicted molar refractivity (Wildman–Crippen MR) is 88.9 cm³/mol. The largest absolute Gasteiger partial charge is 0.349 e. The summed E-state index contributed by atoms with van der Waals surface area (Å²) < 4.78 is 0. The minimum Gasteiger partial charge on any atom is -0.349 e. The third-order valence-electron chi connectivity index (χ3n) is 4.57. The van der Waals surface area contributed by atoms with Gasteiger partial charge in [-0.15, -0.1) is 0 Å². The molecule has 0 aromatic carbocycles. The lowest BCUT2D eigenvalue weighted by Gasteiger charge is -2.35. The van der Waals surface area contributed by atoms with E-state index in [1.807, 2.05) is 18.7 Å². The monoisotopic (exact) mass is 318 g/mol. The van der Waals surface area contributed by atoms with Crippen molar-refractivity contribution in [3.8, 4) is 0 Å². The van der Waals surface area contributed by atoms with E-state index in [2.05, 4.69) is 10.3 Å². The predicted octanol–water partition coefficient (Wildman–Crippen LogP) is 1.09. The summed E-state index contributed by atoms with van der Waals surface area (Å²) in [6.07, 6.45) is 5.09. The summed E-state index contributed by atoms with van der Waals surface area (Å²) in [5.74, 6) is 0.317. The summed E-state index contributed by atoms with van der Waals surface area (Å²) in [7, 11) is 0. The second kappa shape index (κ2) is 7.55. The van der Waals surface area contributed by atoms with Gasteiger partial charge in [-0.05, 0) is 51.2 Å². The average Bonchev–Trinajstić information content (AvgIpc) is 2.54. The maximum atomic E-state index is 12.4. The SMILES string of the molecule is Cc1cnccc1C(=O)NC(C)C1CCN(C(=O)C(C)N)CC1. The third-order valence-corrected chi connectivity index (χ3v) is 4.57. The summed E-state index contributed by atoms with van der Waals surface area (Å²) in [5, 5.41) is 3.08. The Morgan fingerprint density at radius 1 is 1.35 bits per heavy atom. The number of hydrogen-bond acceptors (Lipinski definition) is 4. The van der Waals surface area contributed by atoms with Crippen LogP contribution in [0.15, 0.2) is 18.5 Å². The van der Waals surface area contributed by atoms with E-state index in [-0.39, 0.29) is 17.9 Å². The molecule has 3 N–H and O–H groups in total. The van der Waals surface area contributed by atoms with Crippen molar-refractivity contribution in [2.75, 3.05) is 13.1 Å². The Hall–Kier alpha value is -1.95. The molecule has 1 aromatic rings. The van der Waals surface area contributed by atoms with Crippen molar-refractivity contribution in [2.24, 2.45) is 11.7 Å².